The summed E-state index contributed by atoms with van der Waals surface area (Å²) in [7, 11) is 0. The number of hydrogen-bond donors (Lipinski definition) is 2. The summed E-state index contributed by atoms with van der Waals surface area (Å²) in [4.78, 5) is 37.9. The highest BCUT2D eigenvalue weighted by atomic mass is 32.1. The normalized spacial score (nSPS) is 17.0. The minimum Gasteiger partial charge on any atom is -0.466 e. The lowest BCUT2D eigenvalue weighted by molar-refractivity contribution is -0.142. The van der Waals surface area contributed by atoms with Crippen LogP contribution in [0.4, 0.5) is 4.79 Å². The molecule has 0 radical (unpaired) electrons. The number of hydrogen-bond acceptors (Lipinski definition) is 5. The predicted molar refractivity (Wildman–Crippen MR) is 95.6 cm³/mol. The maximum atomic E-state index is 12.2. The van der Waals surface area contributed by atoms with Gasteiger partial charge in [-0.25, -0.2) is 4.79 Å². The van der Waals surface area contributed by atoms with Crippen LogP contribution < -0.4 is 10.6 Å². The Morgan fingerprint density at radius 2 is 2.20 bits per heavy atom. The maximum Gasteiger partial charge on any atom is 0.317 e. The SMILES string of the molecule is CCOC(=O)CCNC(=O)N1CCC[C@@H](CNC(=O)c2cccs2)C1. The average Bonchev–Trinajstić information content (AvgIpc) is 3.15. The van der Waals surface area contributed by atoms with Crippen LogP contribution >= 0.6 is 11.3 Å². The van der Waals surface area contributed by atoms with E-state index in [-0.39, 0.29) is 36.8 Å². The van der Waals surface area contributed by atoms with Crippen molar-refractivity contribution in [1.29, 1.82) is 0 Å². The maximum absolute atomic E-state index is 12.2. The van der Waals surface area contributed by atoms with Gasteiger partial charge in [-0.15, -0.1) is 11.3 Å². The first kappa shape index (κ1) is 19.2. The zero-order chi connectivity index (χ0) is 18.1. The van der Waals surface area contributed by atoms with Gasteiger partial charge in [0, 0.05) is 26.2 Å². The van der Waals surface area contributed by atoms with Crippen molar-refractivity contribution in [3.63, 3.8) is 0 Å². The third kappa shape index (κ3) is 6.38. The summed E-state index contributed by atoms with van der Waals surface area (Å²) in [5, 5.41) is 7.56. The van der Waals surface area contributed by atoms with Gasteiger partial charge in [0.2, 0.25) is 0 Å². The van der Waals surface area contributed by atoms with Crippen LogP contribution in [0.25, 0.3) is 0 Å². The molecule has 0 spiro atoms. The van der Waals surface area contributed by atoms with Crippen LogP contribution in [-0.4, -0.2) is 55.6 Å². The van der Waals surface area contributed by atoms with Crippen LogP contribution in [0.3, 0.4) is 0 Å². The van der Waals surface area contributed by atoms with Gasteiger partial charge in [0.25, 0.3) is 5.91 Å². The molecule has 0 unspecified atom stereocenters. The second-order valence-electron chi connectivity index (χ2n) is 5.93. The Morgan fingerprint density at radius 3 is 2.92 bits per heavy atom. The molecule has 0 bridgehead atoms. The summed E-state index contributed by atoms with van der Waals surface area (Å²) in [6, 6.07) is 3.48. The van der Waals surface area contributed by atoms with Gasteiger partial charge >= 0.3 is 12.0 Å². The molecule has 7 nitrogen and oxygen atoms in total. The van der Waals surface area contributed by atoms with E-state index in [1.54, 1.807) is 17.9 Å². The van der Waals surface area contributed by atoms with Crippen molar-refractivity contribution in [2.24, 2.45) is 5.92 Å². The lowest BCUT2D eigenvalue weighted by Gasteiger charge is -2.32. The van der Waals surface area contributed by atoms with Crippen molar-refractivity contribution in [2.75, 3.05) is 32.8 Å². The van der Waals surface area contributed by atoms with Crippen molar-refractivity contribution in [3.05, 3.63) is 22.4 Å². The Labute approximate surface area is 151 Å². The zero-order valence-electron chi connectivity index (χ0n) is 14.5. The Balaban J connectivity index is 1.69. The lowest BCUT2D eigenvalue weighted by atomic mass is 9.98. The molecule has 1 aliphatic rings. The molecule has 8 heteroatoms. The average molecular weight is 367 g/mol. The summed E-state index contributed by atoms with van der Waals surface area (Å²) < 4.78 is 4.83. The number of thiophene rings is 1. The van der Waals surface area contributed by atoms with E-state index in [1.165, 1.54) is 11.3 Å². The first-order valence-electron chi connectivity index (χ1n) is 8.60. The molecule has 0 aromatic carbocycles. The molecule has 138 valence electrons. The Kier molecular flexibility index (Phi) is 7.72. The first-order valence-corrected chi connectivity index (χ1v) is 9.48. The largest absolute Gasteiger partial charge is 0.466 e. The summed E-state index contributed by atoms with van der Waals surface area (Å²) in [5.74, 6) is -0.130. The van der Waals surface area contributed by atoms with Gasteiger partial charge in [0.1, 0.15) is 0 Å². The van der Waals surface area contributed by atoms with Crippen LogP contribution in [0, 0.1) is 5.92 Å². The van der Waals surface area contributed by atoms with Crippen molar-refractivity contribution in [3.8, 4) is 0 Å². The van der Waals surface area contributed by atoms with Gasteiger partial charge in [-0.3, -0.25) is 9.59 Å². The van der Waals surface area contributed by atoms with Crippen molar-refractivity contribution in [1.82, 2.24) is 15.5 Å². The first-order chi connectivity index (χ1) is 12.1. The number of carbonyl (C=O) groups excluding carboxylic acids is 3. The Hall–Kier alpha value is -2.09. The monoisotopic (exact) mass is 367 g/mol. The number of amides is 3. The molecule has 3 amide bonds. The van der Waals surface area contributed by atoms with Crippen molar-refractivity contribution in [2.45, 2.75) is 26.2 Å². The number of piperidine rings is 1. The minimum atomic E-state index is -0.310. The lowest BCUT2D eigenvalue weighted by Crippen LogP contribution is -2.48. The minimum absolute atomic E-state index is 0.0639. The number of ether oxygens (including phenoxy) is 1. The number of urea groups is 1. The van der Waals surface area contributed by atoms with Crippen LogP contribution in [0.15, 0.2) is 17.5 Å². The number of esters is 1. The second-order valence-corrected chi connectivity index (χ2v) is 6.88. The van der Waals surface area contributed by atoms with Crippen LogP contribution in [-0.2, 0) is 9.53 Å². The number of carbonyl (C=O) groups is 3. The third-order valence-corrected chi connectivity index (χ3v) is 4.88. The molecule has 25 heavy (non-hydrogen) atoms. The Morgan fingerprint density at radius 1 is 1.36 bits per heavy atom. The number of nitrogens with zero attached hydrogens (tertiary/aromatic N) is 1. The highest BCUT2D eigenvalue weighted by Gasteiger charge is 2.24. The molecule has 1 aromatic rings. The molecule has 1 atom stereocenters. The van der Waals surface area contributed by atoms with E-state index in [4.69, 9.17) is 4.74 Å². The number of likely N-dealkylation sites (tertiary alicyclic amines) is 1. The quantitative estimate of drug-likeness (QED) is 0.720. The predicted octanol–water partition coefficient (Wildman–Crippen LogP) is 1.85. The fourth-order valence-electron chi connectivity index (χ4n) is 2.76. The molecule has 1 fully saturated rings. The molecule has 1 saturated heterocycles. The smallest absolute Gasteiger partial charge is 0.317 e. The second kappa shape index (κ2) is 10.0. The van der Waals surface area contributed by atoms with E-state index in [9.17, 15) is 14.4 Å². The molecule has 2 heterocycles. The van der Waals surface area contributed by atoms with Crippen LogP contribution in [0.5, 0.6) is 0 Å². The fraction of sp³-hybridized carbons (Fsp3) is 0.588. The van der Waals surface area contributed by atoms with Gasteiger partial charge in [-0.05, 0) is 37.1 Å². The van der Waals surface area contributed by atoms with Gasteiger partial charge in [0.05, 0.1) is 17.9 Å². The highest BCUT2D eigenvalue weighted by molar-refractivity contribution is 7.12. The van der Waals surface area contributed by atoms with Gasteiger partial charge in [-0.2, -0.15) is 0 Å². The summed E-state index contributed by atoms with van der Waals surface area (Å²) in [6.07, 6.45) is 2.07. The van der Waals surface area contributed by atoms with Crippen molar-refractivity contribution < 1.29 is 19.1 Å². The van der Waals surface area contributed by atoms with Gasteiger partial charge in [-0.1, -0.05) is 6.07 Å². The standard InChI is InChI=1S/C17H25N3O4S/c1-2-24-15(21)7-8-18-17(23)20-9-3-5-13(12-20)11-19-16(22)14-6-4-10-25-14/h4,6,10,13H,2-3,5,7-9,11-12H2,1H3,(H,18,23)(H,19,22)/t13-/m0/s1. The van der Waals surface area contributed by atoms with Crippen molar-refractivity contribution >= 4 is 29.2 Å². The molecule has 2 N–H and O–H groups in total. The van der Waals surface area contributed by atoms with E-state index in [0.717, 1.165) is 12.8 Å². The third-order valence-electron chi connectivity index (χ3n) is 4.01. The molecular weight excluding hydrogens is 342 g/mol. The summed E-state index contributed by atoms with van der Waals surface area (Å²) >= 11 is 1.41. The van der Waals surface area contributed by atoms with E-state index in [0.29, 0.717) is 31.1 Å². The molecule has 1 aromatic heterocycles. The molecule has 0 saturated carbocycles. The highest BCUT2D eigenvalue weighted by Crippen LogP contribution is 2.16. The zero-order valence-corrected chi connectivity index (χ0v) is 15.3. The molecule has 0 aliphatic carbocycles. The fourth-order valence-corrected chi connectivity index (χ4v) is 3.40. The van der Waals surface area contributed by atoms with Gasteiger partial charge < -0.3 is 20.3 Å². The van der Waals surface area contributed by atoms with E-state index in [2.05, 4.69) is 10.6 Å². The van der Waals surface area contributed by atoms with Crippen LogP contribution in [0.2, 0.25) is 0 Å². The number of rotatable bonds is 7. The van der Waals surface area contributed by atoms with E-state index >= 15 is 0 Å². The summed E-state index contributed by atoms with van der Waals surface area (Å²) in [5.41, 5.74) is 0. The van der Waals surface area contributed by atoms with Gasteiger partial charge in [0.15, 0.2) is 0 Å². The molecule has 2 rings (SSSR count). The topological polar surface area (TPSA) is 87.7 Å². The van der Waals surface area contributed by atoms with E-state index < -0.39 is 0 Å². The molecule has 1 aliphatic heterocycles. The van der Waals surface area contributed by atoms with Crippen LogP contribution in [0.1, 0.15) is 35.9 Å². The number of nitrogens with one attached hydrogen (secondary N) is 2. The Bertz CT molecular complexity index is 576. The summed E-state index contributed by atoms with van der Waals surface area (Å²) in [6.45, 7) is 4.23. The van der Waals surface area contributed by atoms with E-state index in [1.807, 2.05) is 11.4 Å². The molecular formula is C17H25N3O4S.